The van der Waals surface area contributed by atoms with E-state index in [1.165, 1.54) is 0 Å². The first-order valence-corrected chi connectivity index (χ1v) is 3.59. The summed E-state index contributed by atoms with van der Waals surface area (Å²) in [6.07, 6.45) is 6.91. The maximum atomic E-state index is 5.48. The summed E-state index contributed by atoms with van der Waals surface area (Å²) in [4.78, 5) is 9.35. The van der Waals surface area contributed by atoms with Crippen molar-refractivity contribution in [3.8, 4) is 0 Å². The molecular weight excluding hydrogens is 140 g/mol. The van der Waals surface area contributed by atoms with Crippen molar-refractivity contribution in [2.75, 3.05) is 0 Å². The molecule has 11 heavy (non-hydrogen) atoms. The van der Waals surface area contributed by atoms with Crippen LogP contribution >= 0.6 is 0 Å². The monoisotopic (exact) mass is 153 g/mol. The van der Waals surface area contributed by atoms with Crippen LogP contribution in [-0.2, 0) is 0 Å². The molecule has 0 bridgehead atoms. The van der Waals surface area contributed by atoms with Crippen LogP contribution in [0.5, 0.6) is 0 Å². The van der Waals surface area contributed by atoms with Gasteiger partial charge in [-0.3, -0.25) is 9.82 Å². The number of hydrogen-bond acceptors (Lipinski definition) is 2. The molecule has 1 aromatic rings. The lowest BCUT2D eigenvalue weighted by Gasteiger charge is -2.12. The summed E-state index contributed by atoms with van der Waals surface area (Å²) in [5.41, 5.74) is -0.161. The first-order chi connectivity index (χ1) is 5.08. The molecule has 0 N–H and O–H groups in total. The van der Waals surface area contributed by atoms with Crippen LogP contribution in [-0.4, -0.2) is 10.6 Å². The third-order valence-corrected chi connectivity index (χ3v) is 0.979. The molecule has 0 amide bonds. The Morgan fingerprint density at radius 1 is 1.18 bits per heavy atom. The number of rotatable bonds is 1. The first-order valence-electron chi connectivity index (χ1n) is 3.59. The standard InChI is InChI=1S/C8H13N2O/c1-8(2,3)11-10-6-4-9-5-7-10/h4-7H,1-3H3/q+1. The van der Waals surface area contributed by atoms with Crippen LogP contribution in [0.2, 0.25) is 0 Å². The van der Waals surface area contributed by atoms with E-state index in [-0.39, 0.29) is 5.60 Å². The molecule has 1 aromatic heterocycles. The highest BCUT2D eigenvalue weighted by Gasteiger charge is 2.17. The van der Waals surface area contributed by atoms with Gasteiger partial charge >= 0.3 is 0 Å². The Morgan fingerprint density at radius 3 is 2.18 bits per heavy atom. The fourth-order valence-corrected chi connectivity index (χ4v) is 0.685. The quantitative estimate of drug-likeness (QED) is 0.552. The summed E-state index contributed by atoms with van der Waals surface area (Å²) in [6, 6.07) is 0. The molecular formula is C8H13N2O+. The molecule has 0 aliphatic carbocycles. The molecule has 0 radical (unpaired) electrons. The van der Waals surface area contributed by atoms with Gasteiger partial charge in [0, 0.05) is 4.73 Å². The summed E-state index contributed by atoms with van der Waals surface area (Å²) >= 11 is 0. The zero-order valence-electron chi connectivity index (χ0n) is 7.11. The molecule has 1 rings (SSSR count). The lowest BCUT2D eigenvalue weighted by atomic mass is 10.2. The van der Waals surface area contributed by atoms with Gasteiger partial charge in [-0.15, -0.1) is 0 Å². The van der Waals surface area contributed by atoms with E-state index in [0.29, 0.717) is 0 Å². The van der Waals surface area contributed by atoms with Gasteiger partial charge in [-0.1, -0.05) is 0 Å². The van der Waals surface area contributed by atoms with E-state index in [1.54, 1.807) is 29.5 Å². The predicted molar refractivity (Wildman–Crippen MR) is 40.8 cm³/mol. The highest BCUT2D eigenvalue weighted by molar-refractivity contribution is 4.63. The van der Waals surface area contributed by atoms with Crippen LogP contribution in [0.3, 0.4) is 0 Å². The molecule has 1 heterocycles. The molecule has 0 spiro atoms. The van der Waals surface area contributed by atoms with E-state index >= 15 is 0 Å². The third kappa shape index (κ3) is 2.98. The fraction of sp³-hybridized carbons (Fsp3) is 0.500. The number of hydrogen-bond donors (Lipinski definition) is 0. The van der Waals surface area contributed by atoms with Gasteiger partial charge < -0.3 is 0 Å². The van der Waals surface area contributed by atoms with Gasteiger partial charge in [-0.25, -0.2) is 0 Å². The lowest BCUT2D eigenvalue weighted by Crippen LogP contribution is -2.50. The highest BCUT2D eigenvalue weighted by atomic mass is 16.7. The van der Waals surface area contributed by atoms with Crippen LogP contribution in [0.1, 0.15) is 20.8 Å². The van der Waals surface area contributed by atoms with Crippen LogP contribution in [0.15, 0.2) is 24.8 Å². The van der Waals surface area contributed by atoms with Crippen molar-refractivity contribution in [1.82, 2.24) is 4.98 Å². The summed E-state index contributed by atoms with van der Waals surface area (Å²) in [5, 5.41) is 0. The molecule has 0 aliphatic rings. The average Bonchev–Trinajstić information content (AvgIpc) is 1.85. The molecule has 0 saturated heterocycles. The fourth-order valence-electron chi connectivity index (χ4n) is 0.685. The Morgan fingerprint density at radius 2 is 1.73 bits per heavy atom. The van der Waals surface area contributed by atoms with Gasteiger partial charge in [0.15, 0.2) is 5.60 Å². The van der Waals surface area contributed by atoms with Gasteiger partial charge in [0.05, 0.1) is 12.4 Å². The molecule has 0 aliphatic heterocycles. The minimum Gasteiger partial charge on any atom is -0.266 e. The van der Waals surface area contributed by atoms with Gasteiger partial charge in [-0.05, 0) is 20.8 Å². The van der Waals surface area contributed by atoms with Crippen LogP contribution in [0.4, 0.5) is 0 Å². The van der Waals surface area contributed by atoms with E-state index in [9.17, 15) is 0 Å². The number of aromatic nitrogens is 2. The summed E-state index contributed by atoms with van der Waals surface area (Å²) in [6.45, 7) is 6.00. The van der Waals surface area contributed by atoms with Crippen molar-refractivity contribution in [1.29, 1.82) is 0 Å². The molecule has 3 heteroatoms. The molecule has 0 fully saturated rings. The summed E-state index contributed by atoms with van der Waals surface area (Å²) in [5.74, 6) is 0. The highest BCUT2D eigenvalue weighted by Crippen LogP contribution is 1.97. The summed E-state index contributed by atoms with van der Waals surface area (Å²) < 4.78 is 1.65. The largest absolute Gasteiger partial charge is 0.266 e. The van der Waals surface area contributed by atoms with Crippen molar-refractivity contribution in [3.05, 3.63) is 24.8 Å². The van der Waals surface area contributed by atoms with Crippen molar-refractivity contribution in [2.45, 2.75) is 26.4 Å². The van der Waals surface area contributed by atoms with Gasteiger partial charge in [0.25, 0.3) is 0 Å². The Labute approximate surface area is 66.6 Å². The SMILES string of the molecule is CC(C)(C)O[n+]1ccncc1. The maximum absolute atomic E-state index is 5.48. The van der Waals surface area contributed by atoms with Crippen molar-refractivity contribution >= 4 is 0 Å². The van der Waals surface area contributed by atoms with Crippen molar-refractivity contribution < 1.29 is 9.57 Å². The molecule has 0 atom stereocenters. The second-order valence-electron chi connectivity index (χ2n) is 3.31. The zero-order chi connectivity index (χ0) is 8.32. The topological polar surface area (TPSA) is 26.0 Å². The van der Waals surface area contributed by atoms with Crippen molar-refractivity contribution in [2.24, 2.45) is 0 Å². The van der Waals surface area contributed by atoms with E-state index in [1.807, 2.05) is 20.8 Å². The maximum Gasteiger partial charge on any atom is 0.240 e. The Hall–Kier alpha value is -1.12. The van der Waals surface area contributed by atoms with Crippen LogP contribution < -0.4 is 9.57 Å². The molecule has 60 valence electrons. The molecule has 0 unspecified atom stereocenters. The van der Waals surface area contributed by atoms with E-state index in [2.05, 4.69) is 4.98 Å². The number of nitrogens with zero attached hydrogens (tertiary/aromatic N) is 2. The Kier molecular flexibility index (Phi) is 2.08. The predicted octanol–water partition coefficient (Wildman–Crippen LogP) is 0.596. The van der Waals surface area contributed by atoms with E-state index < -0.39 is 0 Å². The normalized spacial score (nSPS) is 11.2. The zero-order valence-corrected chi connectivity index (χ0v) is 7.11. The summed E-state index contributed by atoms with van der Waals surface area (Å²) in [7, 11) is 0. The first kappa shape index (κ1) is 7.98. The van der Waals surface area contributed by atoms with Gasteiger partial charge in [-0.2, -0.15) is 0 Å². The second kappa shape index (κ2) is 2.86. The average molecular weight is 153 g/mol. The van der Waals surface area contributed by atoms with Crippen molar-refractivity contribution in [3.63, 3.8) is 0 Å². The van der Waals surface area contributed by atoms with E-state index in [4.69, 9.17) is 4.84 Å². The lowest BCUT2D eigenvalue weighted by molar-refractivity contribution is -0.906. The molecule has 3 nitrogen and oxygen atoms in total. The Bertz CT molecular complexity index is 215. The third-order valence-electron chi connectivity index (χ3n) is 0.979. The van der Waals surface area contributed by atoms with Crippen LogP contribution in [0.25, 0.3) is 0 Å². The minimum absolute atomic E-state index is 0.161. The minimum atomic E-state index is -0.161. The molecule has 0 aromatic carbocycles. The Balaban J connectivity index is 2.66. The van der Waals surface area contributed by atoms with Gasteiger partial charge in [0.2, 0.25) is 12.4 Å². The molecule has 0 saturated carbocycles. The second-order valence-corrected chi connectivity index (χ2v) is 3.31. The smallest absolute Gasteiger partial charge is 0.240 e. The van der Waals surface area contributed by atoms with Gasteiger partial charge in [0.1, 0.15) is 0 Å². The van der Waals surface area contributed by atoms with E-state index in [0.717, 1.165) is 0 Å². The van der Waals surface area contributed by atoms with Crippen LogP contribution in [0, 0.1) is 0 Å².